The largest absolute Gasteiger partial charge is 0.490 e. The van der Waals surface area contributed by atoms with Crippen molar-refractivity contribution in [3.63, 3.8) is 0 Å². The third-order valence-corrected chi connectivity index (χ3v) is 6.19. The van der Waals surface area contributed by atoms with Crippen molar-refractivity contribution in [2.45, 2.75) is 33.4 Å². The minimum atomic E-state index is 0.510. The molecule has 0 spiro atoms. The second kappa shape index (κ2) is 10.7. The maximum Gasteiger partial charge on any atom is 0.162 e. The highest BCUT2D eigenvalue weighted by Gasteiger charge is 2.12. The van der Waals surface area contributed by atoms with Gasteiger partial charge in [-0.25, -0.2) is 0 Å². The first-order chi connectivity index (χ1) is 15.6. The molecule has 0 radical (unpaired) electrons. The number of nitrogens with one attached hydrogen (secondary N) is 2. The van der Waals surface area contributed by atoms with E-state index in [0.717, 1.165) is 46.6 Å². The molecule has 0 unspecified atom stereocenters. The maximum atomic E-state index is 6.10. The molecule has 0 aliphatic heterocycles. The second-order valence-corrected chi connectivity index (χ2v) is 8.74. The summed E-state index contributed by atoms with van der Waals surface area (Å²) in [6.45, 7) is 6.83. The smallest absolute Gasteiger partial charge is 0.162 e. The van der Waals surface area contributed by atoms with Crippen LogP contribution < -0.4 is 14.8 Å². The zero-order valence-corrected chi connectivity index (χ0v) is 20.2. The Balaban J connectivity index is 1.38. The van der Waals surface area contributed by atoms with E-state index in [4.69, 9.17) is 9.47 Å². The third-order valence-electron chi connectivity index (χ3n) is 5.45. The summed E-state index contributed by atoms with van der Waals surface area (Å²) in [5.74, 6) is 1.53. The van der Waals surface area contributed by atoms with E-state index in [2.05, 4.69) is 93.9 Å². The molecule has 0 aliphatic carbocycles. The lowest BCUT2D eigenvalue weighted by Gasteiger charge is -2.16. The first-order valence-corrected chi connectivity index (χ1v) is 11.8. The highest BCUT2D eigenvalue weighted by atomic mass is 79.9. The molecule has 4 rings (SSSR count). The quantitative estimate of drug-likeness (QED) is 0.246. The second-order valence-electron chi connectivity index (χ2n) is 7.89. The van der Waals surface area contributed by atoms with Crippen molar-refractivity contribution in [2.24, 2.45) is 0 Å². The Morgan fingerprint density at radius 1 is 0.938 bits per heavy atom. The number of para-hydroxylation sites is 1. The lowest BCUT2D eigenvalue weighted by molar-refractivity contribution is 0.269. The number of hydrogen-bond acceptors (Lipinski definition) is 3. The summed E-state index contributed by atoms with van der Waals surface area (Å²) < 4.78 is 13.0. The van der Waals surface area contributed by atoms with E-state index in [1.54, 1.807) is 0 Å². The predicted octanol–water partition coefficient (Wildman–Crippen LogP) is 6.55. The monoisotopic (exact) mass is 492 g/mol. The molecule has 3 aromatic carbocycles. The molecule has 2 N–H and O–H groups in total. The predicted molar refractivity (Wildman–Crippen MR) is 135 cm³/mol. The fraction of sp³-hybridized carbons (Fsp3) is 0.259. The van der Waals surface area contributed by atoms with Gasteiger partial charge >= 0.3 is 0 Å². The van der Waals surface area contributed by atoms with Crippen molar-refractivity contribution in [3.8, 4) is 11.5 Å². The van der Waals surface area contributed by atoms with Crippen LogP contribution >= 0.6 is 15.9 Å². The molecule has 4 aromatic rings. The number of rotatable bonds is 10. The van der Waals surface area contributed by atoms with E-state index in [1.165, 1.54) is 22.0 Å². The molecule has 0 amide bonds. The Morgan fingerprint density at radius 3 is 2.62 bits per heavy atom. The summed E-state index contributed by atoms with van der Waals surface area (Å²) in [4.78, 5) is 3.34. The van der Waals surface area contributed by atoms with E-state index < -0.39 is 0 Å². The number of ether oxygens (including phenoxy) is 2. The lowest BCUT2D eigenvalue weighted by Crippen LogP contribution is -2.17. The first-order valence-electron chi connectivity index (χ1n) is 11.0. The van der Waals surface area contributed by atoms with Gasteiger partial charge < -0.3 is 19.8 Å². The van der Waals surface area contributed by atoms with Crippen molar-refractivity contribution >= 4 is 26.8 Å². The fourth-order valence-corrected chi connectivity index (χ4v) is 4.30. The molecule has 1 aromatic heterocycles. The molecule has 32 heavy (non-hydrogen) atoms. The van der Waals surface area contributed by atoms with Gasteiger partial charge in [-0.15, -0.1) is 0 Å². The average molecular weight is 493 g/mol. The minimum absolute atomic E-state index is 0.510. The summed E-state index contributed by atoms with van der Waals surface area (Å²) in [7, 11) is 0. The van der Waals surface area contributed by atoms with E-state index in [0.29, 0.717) is 13.2 Å². The van der Waals surface area contributed by atoms with Gasteiger partial charge in [0.2, 0.25) is 0 Å². The van der Waals surface area contributed by atoms with Crippen LogP contribution in [-0.4, -0.2) is 18.1 Å². The number of fused-ring (bicyclic) bond motifs is 1. The van der Waals surface area contributed by atoms with E-state index in [9.17, 15) is 0 Å². The molecule has 4 nitrogen and oxygen atoms in total. The van der Waals surface area contributed by atoms with Gasteiger partial charge in [-0.1, -0.05) is 64.0 Å². The van der Waals surface area contributed by atoms with Crippen molar-refractivity contribution in [1.82, 2.24) is 10.3 Å². The summed E-state index contributed by atoms with van der Waals surface area (Å²) in [6, 6.07) is 20.9. The molecule has 0 bridgehead atoms. The van der Waals surface area contributed by atoms with Crippen LogP contribution in [0, 0.1) is 6.92 Å². The number of aryl methyl sites for hydroxylation is 1. The zero-order chi connectivity index (χ0) is 22.3. The molecule has 0 fully saturated rings. The van der Waals surface area contributed by atoms with Gasteiger partial charge in [-0.3, -0.25) is 0 Å². The van der Waals surface area contributed by atoms with Crippen LogP contribution in [0.25, 0.3) is 10.9 Å². The number of H-pyrrole nitrogens is 1. The van der Waals surface area contributed by atoms with Crippen LogP contribution in [0.4, 0.5) is 0 Å². The van der Waals surface area contributed by atoms with Gasteiger partial charge in [0.1, 0.15) is 6.61 Å². The van der Waals surface area contributed by atoms with Crippen molar-refractivity contribution in [2.75, 3.05) is 13.2 Å². The SMILES string of the molecule is CCOc1cc(CNCCc2c[nH]c3ccccc23)c(Br)cc1OCc1cccc(C)c1. The van der Waals surface area contributed by atoms with Gasteiger partial charge in [0.15, 0.2) is 11.5 Å². The summed E-state index contributed by atoms with van der Waals surface area (Å²) in [5, 5.41) is 4.85. The highest BCUT2D eigenvalue weighted by Crippen LogP contribution is 2.34. The Labute approximate surface area is 198 Å². The number of benzene rings is 3. The van der Waals surface area contributed by atoms with Crippen molar-refractivity contribution in [3.05, 3.63) is 93.6 Å². The Hall–Kier alpha value is -2.76. The molecule has 0 atom stereocenters. The summed E-state index contributed by atoms with van der Waals surface area (Å²) in [5.41, 5.74) is 6.04. The first kappa shape index (κ1) is 22.4. The van der Waals surface area contributed by atoms with Crippen LogP contribution in [0.5, 0.6) is 11.5 Å². The van der Waals surface area contributed by atoms with Crippen LogP contribution in [0.3, 0.4) is 0 Å². The van der Waals surface area contributed by atoms with Crippen LogP contribution in [0.1, 0.15) is 29.2 Å². The van der Waals surface area contributed by atoms with Crippen LogP contribution in [0.2, 0.25) is 0 Å². The molecule has 0 saturated carbocycles. The number of aromatic amines is 1. The van der Waals surface area contributed by atoms with Crippen molar-refractivity contribution in [1.29, 1.82) is 0 Å². The van der Waals surface area contributed by atoms with Gasteiger partial charge in [0.25, 0.3) is 0 Å². The molecule has 166 valence electrons. The van der Waals surface area contributed by atoms with Crippen LogP contribution in [0.15, 0.2) is 71.3 Å². The van der Waals surface area contributed by atoms with Gasteiger partial charge in [0, 0.05) is 28.1 Å². The molecule has 0 aliphatic rings. The topological polar surface area (TPSA) is 46.3 Å². The lowest BCUT2D eigenvalue weighted by atomic mass is 10.1. The average Bonchev–Trinajstić information content (AvgIpc) is 3.21. The van der Waals surface area contributed by atoms with Gasteiger partial charge in [-0.2, -0.15) is 0 Å². The number of hydrogen-bond donors (Lipinski definition) is 2. The zero-order valence-electron chi connectivity index (χ0n) is 18.6. The Bertz CT molecular complexity index is 1190. The molecule has 0 saturated heterocycles. The number of halogens is 1. The highest BCUT2D eigenvalue weighted by molar-refractivity contribution is 9.10. The maximum absolute atomic E-state index is 6.10. The van der Waals surface area contributed by atoms with E-state index >= 15 is 0 Å². The van der Waals surface area contributed by atoms with E-state index in [-0.39, 0.29) is 0 Å². The molecule has 5 heteroatoms. The summed E-state index contributed by atoms with van der Waals surface area (Å²) >= 11 is 3.71. The Morgan fingerprint density at radius 2 is 1.78 bits per heavy atom. The van der Waals surface area contributed by atoms with Crippen molar-refractivity contribution < 1.29 is 9.47 Å². The van der Waals surface area contributed by atoms with Gasteiger partial charge in [-0.05, 0) is 61.7 Å². The molecular formula is C27H29BrN2O2. The third kappa shape index (κ3) is 5.53. The van der Waals surface area contributed by atoms with E-state index in [1.807, 2.05) is 13.0 Å². The fourth-order valence-electron chi connectivity index (χ4n) is 3.84. The molecule has 1 heterocycles. The standard InChI is InChI=1S/C27H29BrN2O2/c1-3-31-26-14-22(16-29-12-11-21-17-30-25-10-5-4-9-23(21)25)24(28)15-27(26)32-18-20-8-6-7-19(2)13-20/h4-10,13-15,17,29-30H,3,11-12,16,18H2,1-2H3. The van der Waals surface area contributed by atoms with Gasteiger partial charge in [0.05, 0.1) is 6.61 Å². The normalized spacial score (nSPS) is 11.1. The number of aromatic nitrogens is 1. The summed E-state index contributed by atoms with van der Waals surface area (Å²) in [6.07, 6.45) is 3.08. The minimum Gasteiger partial charge on any atom is -0.490 e. The Kier molecular flexibility index (Phi) is 7.51. The molecular weight excluding hydrogens is 464 g/mol. The van der Waals surface area contributed by atoms with Crippen LogP contribution in [-0.2, 0) is 19.6 Å².